The summed E-state index contributed by atoms with van der Waals surface area (Å²) >= 11 is 0. The smallest absolute Gasteiger partial charge is 0.227 e. The van der Waals surface area contributed by atoms with Gasteiger partial charge in [0.1, 0.15) is 5.82 Å². The molecule has 2 aliphatic rings. The van der Waals surface area contributed by atoms with E-state index >= 15 is 0 Å². The molecule has 0 saturated heterocycles. The van der Waals surface area contributed by atoms with E-state index in [0.717, 1.165) is 36.8 Å². The second kappa shape index (κ2) is 5.55. The van der Waals surface area contributed by atoms with Crippen molar-refractivity contribution in [3.8, 4) is 0 Å². The lowest BCUT2D eigenvalue weighted by molar-refractivity contribution is -0.119. The molecule has 20 heavy (non-hydrogen) atoms. The van der Waals surface area contributed by atoms with Gasteiger partial charge in [0, 0.05) is 13.0 Å². The molecule has 3 rings (SSSR count). The maximum Gasteiger partial charge on any atom is 0.227 e. The third kappa shape index (κ3) is 2.58. The van der Waals surface area contributed by atoms with Crippen molar-refractivity contribution in [3.63, 3.8) is 0 Å². The fraction of sp³-hybridized carbons (Fsp3) is 0.588. The van der Waals surface area contributed by atoms with Gasteiger partial charge in [0.2, 0.25) is 5.91 Å². The maximum absolute atomic E-state index is 14.3. The predicted octanol–water partition coefficient (Wildman–Crippen LogP) is 3.99. The van der Waals surface area contributed by atoms with Crippen LogP contribution in [0.5, 0.6) is 0 Å². The highest BCUT2D eigenvalue weighted by molar-refractivity contribution is 5.95. The minimum Gasteiger partial charge on any atom is -0.309 e. The molecule has 1 heterocycles. The molecule has 0 aromatic heterocycles. The molecule has 108 valence electrons. The van der Waals surface area contributed by atoms with E-state index in [1.54, 1.807) is 11.0 Å². The number of hydrogen-bond acceptors (Lipinski definition) is 1. The quantitative estimate of drug-likeness (QED) is 0.799. The monoisotopic (exact) mass is 275 g/mol. The number of halogens is 1. The summed E-state index contributed by atoms with van der Waals surface area (Å²) in [5, 5.41) is 0. The Labute approximate surface area is 120 Å². The van der Waals surface area contributed by atoms with E-state index in [-0.39, 0.29) is 11.7 Å². The predicted molar refractivity (Wildman–Crippen MR) is 78.4 cm³/mol. The molecular formula is C17H22FNO. The first-order valence-electron chi connectivity index (χ1n) is 7.74. The number of carbonyl (C=O) groups excluding carboxylic acids is 1. The van der Waals surface area contributed by atoms with Crippen molar-refractivity contribution in [2.24, 2.45) is 5.92 Å². The first kappa shape index (κ1) is 13.6. The maximum atomic E-state index is 14.3. The van der Waals surface area contributed by atoms with E-state index in [4.69, 9.17) is 0 Å². The number of nitrogens with zero attached hydrogens (tertiary/aromatic N) is 1. The summed E-state index contributed by atoms with van der Waals surface area (Å²) in [7, 11) is 0. The highest BCUT2D eigenvalue weighted by Gasteiger charge is 2.28. The van der Waals surface area contributed by atoms with Gasteiger partial charge in [0.05, 0.1) is 5.69 Å². The third-order valence-corrected chi connectivity index (χ3v) is 4.62. The van der Waals surface area contributed by atoms with Gasteiger partial charge < -0.3 is 4.90 Å². The van der Waals surface area contributed by atoms with Gasteiger partial charge in [-0.15, -0.1) is 0 Å². The fourth-order valence-corrected chi connectivity index (χ4v) is 3.66. The summed E-state index contributed by atoms with van der Waals surface area (Å²) in [6, 6.07) is 3.56. The van der Waals surface area contributed by atoms with Crippen LogP contribution in [0.25, 0.3) is 0 Å². The normalized spacial score (nSPS) is 19.2. The van der Waals surface area contributed by atoms with Crippen LogP contribution in [0, 0.1) is 18.7 Å². The molecule has 0 unspecified atom stereocenters. The molecule has 0 atom stereocenters. The number of benzene rings is 1. The van der Waals surface area contributed by atoms with Gasteiger partial charge >= 0.3 is 0 Å². The first-order chi connectivity index (χ1) is 9.65. The molecule has 0 radical (unpaired) electrons. The molecule has 0 spiro atoms. The van der Waals surface area contributed by atoms with Crippen LogP contribution in [0.1, 0.15) is 49.7 Å². The minimum absolute atomic E-state index is 0.112. The molecule has 1 saturated carbocycles. The summed E-state index contributed by atoms with van der Waals surface area (Å²) in [4.78, 5) is 14.2. The van der Waals surface area contributed by atoms with Crippen LogP contribution in [-0.4, -0.2) is 12.5 Å². The summed E-state index contributed by atoms with van der Waals surface area (Å²) in [5.41, 5.74) is 2.48. The van der Waals surface area contributed by atoms with Crippen LogP contribution in [0.15, 0.2) is 12.1 Å². The lowest BCUT2D eigenvalue weighted by Gasteiger charge is -2.31. The summed E-state index contributed by atoms with van der Waals surface area (Å²) in [6.45, 7) is 2.57. The molecule has 3 heteroatoms. The molecule has 1 aromatic carbocycles. The van der Waals surface area contributed by atoms with Crippen LogP contribution in [0.2, 0.25) is 0 Å². The average molecular weight is 275 g/mol. The fourth-order valence-electron chi connectivity index (χ4n) is 3.66. The van der Waals surface area contributed by atoms with Gasteiger partial charge in [-0.1, -0.05) is 18.9 Å². The summed E-state index contributed by atoms with van der Waals surface area (Å²) in [5.74, 6) is 0.390. The second-order valence-electron chi connectivity index (χ2n) is 6.26. The van der Waals surface area contributed by atoms with Crippen LogP contribution >= 0.6 is 0 Å². The zero-order valence-electron chi connectivity index (χ0n) is 12.1. The summed E-state index contributed by atoms with van der Waals surface area (Å²) in [6.07, 6.45) is 7.19. The van der Waals surface area contributed by atoms with Gasteiger partial charge in [0.25, 0.3) is 0 Å². The SMILES string of the molecule is Cc1cc(F)c2c(c1)CCCN2C(=O)CC1CCCC1. The van der Waals surface area contributed by atoms with E-state index in [0.29, 0.717) is 24.6 Å². The van der Waals surface area contributed by atoms with Crippen molar-refractivity contribution < 1.29 is 9.18 Å². The van der Waals surface area contributed by atoms with Crippen LogP contribution in [0.3, 0.4) is 0 Å². The van der Waals surface area contributed by atoms with Gasteiger partial charge in [-0.2, -0.15) is 0 Å². The van der Waals surface area contributed by atoms with E-state index in [1.165, 1.54) is 12.8 Å². The van der Waals surface area contributed by atoms with Crippen molar-refractivity contribution in [2.45, 2.75) is 51.9 Å². The molecule has 1 aliphatic heterocycles. The third-order valence-electron chi connectivity index (χ3n) is 4.62. The Bertz CT molecular complexity index is 520. The van der Waals surface area contributed by atoms with Crippen molar-refractivity contribution in [1.82, 2.24) is 0 Å². The highest BCUT2D eigenvalue weighted by atomic mass is 19.1. The minimum atomic E-state index is -0.237. The van der Waals surface area contributed by atoms with E-state index in [2.05, 4.69) is 0 Å². The highest BCUT2D eigenvalue weighted by Crippen LogP contribution is 2.34. The van der Waals surface area contributed by atoms with Crippen LogP contribution in [-0.2, 0) is 11.2 Å². The number of fused-ring (bicyclic) bond motifs is 1. The number of hydrogen-bond donors (Lipinski definition) is 0. The van der Waals surface area contributed by atoms with Crippen molar-refractivity contribution in [3.05, 3.63) is 29.1 Å². The topological polar surface area (TPSA) is 20.3 Å². The first-order valence-corrected chi connectivity index (χ1v) is 7.74. The zero-order chi connectivity index (χ0) is 14.1. The Morgan fingerprint density at radius 1 is 1.30 bits per heavy atom. The Balaban J connectivity index is 1.83. The van der Waals surface area contributed by atoms with Crippen LogP contribution < -0.4 is 4.90 Å². The molecule has 1 fully saturated rings. The molecule has 1 aliphatic carbocycles. The number of amides is 1. The molecule has 1 amide bonds. The lowest BCUT2D eigenvalue weighted by atomic mass is 9.97. The molecule has 0 bridgehead atoms. The number of aryl methyl sites for hydroxylation is 2. The zero-order valence-corrected chi connectivity index (χ0v) is 12.1. The molecular weight excluding hydrogens is 253 g/mol. The van der Waals surface area contributed by atoms with Gasteiger partial charge in [-0.25, -0.2) is 4.39 Å². The molecule has 0 N–H and O–H groups in total. The van der Waals surface area contributed by atoms with Gasteiger partial charge in [-0.05, 0) is 55.7 Å². The number of carbonyl (C=O) groups is 1. The second-order valence-corrected chi connectivity index (χ2v) is 6.26. The van der Waals surface area contributed by atoms with E-state index < -0.39 is 0 Å². The largest absolute Gasteiger partial charge is 0.309 e. The standard InChI is InChI=1S/C17H22FNO/c1-12-9-14-7-4-8-19(17(14)15(18)10-12)16(20)11-13-5-2-3-6-13/h9-10,13H,2-8,11H2,1H3. The number of rotatable bonds is 2. The van der Waals surface area contributed by atoms with Gasteiger partial charge in [0.15, 0.2) is 0 Å². The Hall–Kier alpha value is -1.38. The Kier molecular flexibility index (Phi) is 3.77. The van der Waals surface area contributed by atoms with Crippen LogP contribution in [0.4, 0.5) is 10.1 Å². The average Bonchev–Trinajstić information content (AvgIpc) is 2.90. The van der Waals surface area contributed by atoms with E-state index in [1.807, 2.05) is 13.0 Å². The lowest BCUT2D eigenvalue weighted by Crippen LogP contribution is -2.37. The molecule has 1 aromatic rings. The van der Waals surface area contributed by atoms with Crippen molar-refractivity contribution in [2.75, 3.05) is 11.4 Å². The number of anilines is 1. The Morgan fingerprint density at radius 2 is 2.05 bits per heavy atom. The van der Waals surface area contributed by atoms with Gasteiger partial charge in [-0.3, -0.25) is 4.79 Å². The molecule has 2 nitrogen and oxygen atoms in total. The van der Waals surface area contributed by atoms with Crippen molar-refractivity contribution >= 4 is 11.6 Å². The van der Waals surface area contributed by atoms with Crippen molar-refractivity contribution in [1.29, 1.82) is 0 Å². The Morgan fingerprint density at radius 3 is 2.80 bits per heavy atom. The summed E-state index contributed by atoms with van der Waals surface area (Å²) < 4.78 is 14.3. The van der Waals surface area contributed by atoms with E-state index in [9.17, 15) is 9.18 Å².